The van der Waals surface area contributed by atoms with E-state index in [1.54, 1.807) is 6.20 Å². The number of fused-ring (bicyclic) bond motifs is 1. The van der Waals surface area contributed by atoms with Crippen LogP contribution in [0.2, 0.25) is 0 Å². The van der Waals surface area contributed by atoms with Crippen LogP contribution < -0.4 is 5.32 Å². The van der Waals surface area contributed by atoms with Gasteiger partial charge in [-0.3, -0.25) is 9.88 Å². The summed E-state index contributed by atoms with van der Waals surface area (Å²) in [5, 5.41) is 5.67. The maximum atomic E-state index is 4.54. The third-order valence-electron chi connectivity index (χ3n) is 4.88. The van der Waals surface area contributed by atoms with Crippen molar-refractivity contribution in [3.05, 3.63) is 67.3 Å². The summed E-state index contributed by atoms with van der Waals surface area (Å²) in [6.07, 6.45) is 9.53. The van der Waals surface area contributed by atoms with Gasteiger partial charge >= 0.3 is 0 Å². The molecule has 0 bridgehead atoms. The second-order valence-corrected chi connectivity index (χ2v) is 6.94. The number of likely N-dealkylation sites (tertiary alicyclic amines) is 1. The Balaban J connectivity index is 1.51. The van der Waals surface area contributed by atoms with E-state index < -0.39 is 0 Å². The van der Waals surface area contributed by atoms with Gasteiger partial charge in [0.05, 0.1) is 0 Å². The van der Waals surface area contributed by atoms with E-state index in [-0.39, 0.29) is 0 Å². The molecule has 4 heteroatoms. The van der Waals surface area contributed by atoms with Crippen molar-refractivity contribution in [1.82, 2.24) is 14.9 Å². The zero-order valence-corrected chi connectivity index (χ0v) is 15.0. The van der Waals surface area contributed by atoms with Crippen LogP contribution in [0.15, 0.2) is 67.3 Å². The first-order valence-electron chi connectivity index (χ1n) is 9.25. The lowest BCUT2D eigenvalue weighted by Gasteiger charge is -2.27. The molecule has 3 aromatic rings. The summed E-state index contributed by atoms with van der Waals surface area (Å²) in [5.74, 6) is 0.850. The third kappa shape index (κ3) is 3.92. The van der Waals surface area contributed by atoms with Gasteiger partial charge in [0.1, 0.15) is 5.82 Å². The second kappa shape index (κ2) is 7.67. The van der Waals surface area contributed by atoms with Crippen LogP contribution in [0.5, 0.6) is 0 Å². The van der Waals surface area contributed by atoms with Gasteiger partial charge in [-0.1, -0.05) is 31.2 Å². The van der Waals surface area contributed by atoms with E-state index in [9.17, 15) is 0 Å². The van der Waals surface area contributed by atoms with Crippen molar-refractivity contribution in [2.75, 3.05) is 25.0 Å². The summed E-state index contributed by atoms with van der Waals surface area (Å²) in [6, 6.07) is 12.5. The lowest BCUT2D eigenvalue weighted by Crippen LogP contribution is -2.32. The number of rotatable bonds is 5. The predicted octanol–water partition coefficient (Wildman–Crippen LogP) is 4.71. The molecule has 0 atom stereocenters. The molecule has 26 heavy (non-hydrogen) atoms. The zero-order valence-electron chi connectivity index (χ0n) is 15.0. The predicted molar refractivity (Wildman–Crippen MR) is 108 cm³/mol. The number of hydrogen-bond donors (Lipinski definition) is 1. The van der Waals surface area contributed by atoms with Crippen LogP contribution >= 0.6 is 0 Å². The summed E-state index contributed by atoms with van der Waals surface area (Å²) >= 11 is 0. The van der Waals surface area contributed by atoms with Crippen LogP contribution in [-0.2, 0) is 0 Å². The van der Waals surface area contributed by atoms with Crippen molar-refractivity contribution in [1.29, 1.82) is 0 Å². The van der Waals surface area contributed by atoms with Gasteiger partial charge < -0.3 is 5.32 Å². The van der Waals surface area contributed by atoms with Gasteiger partial charge in [0.25, 0.3) is 0 Å². The highest BCUT2D eigenvalue weighted by atomic mass is 15.2. The molecule has 0 radical (unpaired) electrons. The minimum Gasteiger partial charge on any atom is -0.343 e. The number of aromatic nitrogens is 2. The number of pyridine rings is 2. The largest absolute Gasteiger partial charge is 0.343 e. The summed E-state index contributed by atoms with van der Waals surface area (Å²) in [5.41, 5.74) is 3.28. The van der Waals surface area contributed by atoms with Crippen molar-refractivity contribution in [3.8, 4) is 11.1 Å². The Morgan fingerprint density at radius 2 is 1.88 bits per heavy atom. The maximum absolute atomic E-state index is 4.54. The van der Waals surface area contributed by atoms with Crippen molar-refractivity contribution in [2.45, 2.75) is 19.3 Å². The first kappa shape index (κ1) is 16.7. The molecule has 4 rings (SSSR count). The average molecular weight is 344 g/mol. The molecule has 0 aliphatic carbocycles. The fourth-order valence-corrected chi connectivity index (χ4v) is 3.53. The maximum Gasteiger partial charge on any atom is 0.130 e. The van der Waals surface area contributed by atoms with Crippen molar-refractivity contribution < 1.29 is 0 Å². The monoisotopic (exact) mass is 344 g/mol. The Bertz CT molecular complexity index is 898. The molecule has 2 aromatic heterocycles. The molecule has 0 saturated carbocycles. The fraction of sp³-hybridized carbons (Fsp3) is 0.273. The van der Waals surface area contributed by atoms with Gasteiger partial charge in [-0.15, -0.1) is 0 Å². The van der Waals surface area contributed by atoms with Gasteiger partial charge in [-0.2, -0.15) is 0 Å². The molecule has 0 unspecified atom stereocenters. The van der Waals surface area contributed by atoms with Crippen molar-refractivity contribution in [2.24, 2.45) is 0 Å². The quantitative estimate of drug-likeness (QED) is 0.728. The summed E-state index contributed by atoms with van der Waals surface area (Å²) in [6.45, 7) is 7.41. The van der Waals surface area contributed by atoms with Crippen molar-refractivity contribution >= 4 is 16.6 Å². The Morgan fingerprint density at radius 3 is 2.69 bits per heavy atom. The Hall–Kier alpha value is -2.72. The van der Waals surface area contributed by atoms with Crippen LogP contribution in [0.25, 0.3) is 21.9 Å². The fourth-order valence-electron chi connectivity index (χ4n) is 3.53. The number of hydrogen-bond acceptors (Lipinski definition) is 4. The molecule has 0 amide bonds. The van der Waals surface area contributed by atoms with Crippen LogP contribution in [0.4, 0.5) is 5.82 Å². The molecular weight excluding hydrogens is 320 g/mol. The number of nitrogens with one attached hydrogen (secondary N) is 1. The van der Waals surface area contributed by atoms with Gasteiger partial charge in [0.2, 0.25) is 0 Å². The lowest BCUT2D eigenvalue weighted by atomic mass is 10.0. The first-order chi connectivity index (χ1) is 12.8. The van der Waals surface area contributed by atoms with E-state index in [1.807, 2.05) is 18.5 Å². The highest BCUT2D eigenvalue weighted by Crippen LogP contribution is 2.25. The normalized spacial score (nSPS) is 15.1. The lowest BCUT2D eigenvalue weighted by molar-refractivity contribution is 0.247. The van der Waals surface area contributed by atoms with Gasteiger partial charge in [-0.25, -0.2) is 4.98 Å². The Kier molecular flexibility index (Phi) is 4.93. The molecule has 0 spiro atoms. The third-order valence-corrected chi connectivity index (χ3v) is 4.88. The number of anilines is 1. The summed E-state index contributed by atoms with van der Waals surface area (Å²) in [7, 11) is 0. The molecule has 1 aromatic carbocycles. The molecule has 1 N–H and O–H groups in total. The summed E-state index contributed by atoms with van der Waals surface area (Å²) < 4.78 is 0. The minimum atomic E-state index is 0.850. The molecule has 1 aliphatic rings. The molecule has 1 aliphatic heterocycles. The first-order valence-corrected chi connectivity index (χ1v) is 9.25. The van der Waals surface area contributed by atoms with E-state index in [0.717, 1.165) is 40.0 Å². The number of piperidine rings is 1. The number of benzene rings is 1. The molecular formula is C22H24N4. The highest BCUT2D eigenvalue weighted by molar-refractivity contribution is 5.88. The number of nitrogens with zero attached hydrogens (tertiary/aromatic N) is 3. The van der Waals surface area contributed by atoms with E-state index in [1.165, 1.54) is 32.4 Å². The molecule has 132 valence electrons. The van der Waals surface area contributed by atoms with E-state index in [2.05, 4.69) is 57.1 Å². The van der Waals surface area contributed by atoms with Gasteiger partial charge in [0, 0.05) is 41.8 Å². The Morgan fingerprint density at radius 1 is 1.00 bits per heavy atom. The van der Waals surface area contributed by atoms with E-state index >= 15 is 0 Å². The van der Waals surface area contributed by atoms with Crippen LogP contribution in [0.3, 0.4) is 0 Å². The van der Waals surface area contributed by atoms with E-state index in [0.29, 0.717) is 0 Å². The SMILES string of the molecule is C=C(CN1CCCCC1)Nc1cc2cc(-c3cccnc3)ccc2cn1. The highest BCUT2D eigenvalue weighted by Gasteiger charge is 2.11. The molecule has 1 saturated heterocycles. The van der Waals surface area contributed by atoms with Gasteiger partial charge in [-0.05, 0) is 55.1 Å². The van der Waals surface area contributed by atoms with Gasteiger partial charge in [0.15, 0.2) is 0 Å². The summed E-state index contributed by atoms with van der Waals surface area (Å²) in [4.78, 5) is 11.2. The molecule has 4 nitrogen and oxygen atoms in total. The molecule has 1 fully saturated rings. The van der Waals surface area contributed by atoms with E-state index in [4.69, 9.17) is 0 Å². The average Bonchev–Trinajstić information content (AvgIpc) is 2.69. The zero-order chi connectivity index (χ0) is 17.8. The smallest absolute Gasteiger partial charge is 0.130 e. The minimum absolute atomic E-state index is 0.850. The second-order valence-electron chi connectivity index (χ2n) is 6.94. The molecule has 3 heterocycles. The van der Waals surface area contributed by atoms with Crippen molar-refractivity contribution in [3.63, 3.8) is 0 Å². The van der Waals surface area contributed by atoms with Crippen LogP contribution in [0.1, 0.15) is 19.3 Å². The van der Waals surface area contributed by atoms with Crippen LogP contribution in [0, 0.1) is 0 Å². The standard InChI is InChI=1S/C22H24N4/c1-17(16-26-10-3-2-4-11-26)25-22-13-21-12-18(7-8-20(21)15-24-22)19-6-5-9-23-14-19/h5-9,12-15H,1-4,10-11,16H2,(H,24,25). The van der Waals surface area contributed by atoms with Crippen LogP contribution in [-0.4, -0.2) is 34.5 Å². The Labute approximate surface area is 154 Å². The topological polar surface area (TPSA) is 41.0 Å².